The molecule has 2 N–H and O–H groups in total. The van der Waals surface area contributed by atoms with Gasteiger partial charge in [-0.05, 0) is 32.8 Å². The molecule has 6 nitrogen and oxygen atoms in total. The summed E-state index contributed by atoms with van der Waals surface area (Å²) in [6.45, 7) is 6.80. The minimum atomic E-state index is -0.254. The molecule has 2 aromatic rings. The highest BCUT2D eigenvalue weighted by atomic mass is 16.3. The molecule has 0 spiro atoms. The Morgan fingerprint density at radius 2 is 2.17 bits per heavy atom. The van der Waals surface area contributed by atoms with E-state index in [1.165, 1.54) is 6.42 Å². The molecule has 2 unspecified atom stereocenters. The van der Waals surface area contributed by atoms with Crippen LogP contribution in [0.25, 0.3) is 5.82 Å². The van der Waals surface area contributed by atoms with Gasteiger partial charge in [-0.15, -0.1) is 0 Å². The standard InChI is InChI=1S/C17H25N5O/c1-12-8-13(2)22(21-12)16-10-18-9-15(20-16)19-11-17(3)7-5-4-6-14(17)23/h8-10,14,23H,4-7,11H2,1-3H3,(H,19,20). The van der Waals surface area contributed by atoms with Crippen LogP contribution in [0.5, 0.6) is 0 Å². The number of aryl methyl sites for hydroxylation is 2. The van der Waals surface area contributed by atoms with Gasteiger partial charge in [0.15, 0.2) is 5.82 Å². The van der Waals surface area contributed by atoms with Crippen molar-refractivity contribution >= 4 is 5.82 Å². The molecular formula is C17H25N5O. The molecule has 1 aliphatic rings. The summed E-state index contributed by atoms with van der Waals surface area (Å²) in [7, 11) is 0. The van der Waals surface area contributed by atoms with Crippen LogP contribution in [0.4, 0.5) is 5.82 Å². The number of aliphatic hydroxyl groups excluding tert-OH is 1. The lowest BCUT2D eigenvalue weighted by molar-refractivity contribution is 0.00958. The van der Waals surface area contributed by atoms with Crippen molar-refractivity contribution in [2.24, 2.45) is 5.41 Å². The van der Waals surface area contributed by atoms with E-state index in [9.17, 15) is 5.11 Å². The lowest BCUT2D eigenvalue weighted by Crippen LogP contribution is -2.41. The molecule has 1 saturated carbocycles. The Hall–Kier alpha value is -1.95. The molecular weight excluding hydrogens is 290 g/mol. The zero-order valence-corrected chi connectivity index (χ0v) is 14.1. The van der Waals surface area contributed by atoms with Crippen molar-refractivity contribution < 1.29 is 5.11 Å². The van der Waals surface area contributed by atoms with E-state index in [1.807, 2.05) is 19.9 Å². The number of nitrogens with zero attached hydrogens (tertiary/aromatic N) is 4. The summed E-state index contributed by atoms with van der Waals surface area (Å²) in [6.07, 6.45) is 7.38. The first-order chi connectivity index (χ1) is 11.0. The Balaban J connectivity index is 1.74. The van der Waals surface area contributed by atoms with E-state index >= 15 is 0 Å². The minimum absolute atomic E-state index is 0.103. The summed E-state index contributed by atoms with van der Waals surface area (Å²) >= 11 is 0. The van der Waals surface area contributed by atoms with Crippen LogP contribution in [0.1, 0.15) is 44.0 Å². The van der Waals surface area contributed by atoms with E-state index in [0.717, 1.165) is 30.7 Å². The van der Waals surface area contributed by atoms with Crippen molar-refractivity contribution in [1.29, 1.82) is 0 Å². The average molecular weight is 315 g/mol. The highest BCUT2D eigenvalue weighted by molar-refractivity contribution is 5.37. The van der Waals surface area contributed by atoms with Crippen LogP contribution in [0.2, 0.25) is 0 Å². The molecule has 2 heterocycles. The van der Waals surface area contributed by atoms with Gasteiger partial charge in [0.2, 0.25) is 0 Å². The topological polar surface area (TPSA) is 75.9 Å². The van der Waals surface area contributed by atoms with Gasteiger partial charge >= 0.3 is 0 Å². The van der Waals surface area contributed by atoms with Crippen molar-refractivity contribution in [1.82, 2.24) is 19.7 Å². The van der Waals surface area contributed by atoms with Gasteiger partial charge in [0.1, 0.15) is 5.82 Å². The van der Waals surface area contributed by atoms with Gasteiger partial charge in [-0.2, -0.15) is 5.10 Å². The second-order valence-electron chi connectivity index (χ2n) is 6.87. The molecule has 0 aromatic carbocycles. The highest BCUT2D eigenvalue weighted by Crippen LogP contribution is 2.36. The highest BCUT2D eigenvalue weighted by Gasteiger charge is 2.35. The molecule has 1 aliphatic carbocycles. The van der Waals surface area contributed by atoms with Crippen LogP contribution in [-0.4, -0.2) is 37.5 Å². The molecule has 1 fully saturated rings. The van der Waals surface area contributed by atoms with E-state index in [0.29, 0.717) is 18.2 Å². The molecule has 2 atom stereocenters. The third kappa shape index (κ3) is 3.37. The fourth-order valence-electron chi connectivity index (χ4n) is 3.28. The van der Waals surface area contributed by atoms with Crippen LogP contribution in [-0.2, 0) is 0 Å². The number of aromatic nitrogens is 4. The second-order valence-corrected chi connectivity index (χ2v) is 6.87. The predicted molar refractivity (Wildman–Crippen MR) is 89.7 cm³/mol. The van der Waals surface area contributed by atoms with Gasteiger partial charge in [-0.25, -0.2) is 9.67 Å². The Morgan fingerprint density at radius 1 is 1.35 bits per heavy atom. The summed E-state index contributed by atoms with van der Waals surface area (Å²) in [4.78, 5) is 8.87. The van der Waals surface area contributed by atoms with E-state index in [2.05, 4.69) is 27.3 Å². The average Bonchev–Trinajstić information content (AvgIpc) is 2.87. The zero-order chi connectivity index (χ0) is 16.4. The Labute approximate surface area is 137 Å². The quantitative estimate of drug-likeness (QED) is 0.907. The summed E-state index contributed by atoms with van der Waals surface area (Å²) in [5.41, 5.74) is 1.89. The van der Waals surface area contributed by atoms with Gasteiger partial charge in [-0.3, -0.25) is 4.98 Å². The van der Waals surface area contributed by atoms with Crippen LogP contribution < -0.4 is 5.32 Å². The Bertz CT molecular complexity index is 683. The first-order valence-electron chi connectivity index (χ1n) is 8.25. The lowest BCUT2D eigenvalue weighted by Gasteiger charge is -2.38. The third-order valence-electron chi connectivity index (χ3n) is 4.80. The molecule has 3 rings (SSSR count). The van der Waals surface area contributed by atoms with E-state index in [1.54, 1.807) is 17.1 Å². The van der Waals surface area contributed by atoms with Crippen molar-refractivity contribution in [3.63, 3.8) is 0 Å². The maximum atomic E-state index is 10.3. The van der Waals surface area contributed by atoms with Crippen LogP contribution in [0, 0.1) is 19.3 Å². The Morgan fingerprint density at radius 3 is 2.87 bits per heavy atom. The smallest absolute Gasteiger partial charge is 0.174 e. The SMILES string of the molecule is Cc1cc(C)n(-c2cncc(NCC3(C)CCCCC3O)n2)n1. The van der Waals surface area contributed by atoms with Gasteiger partial charge in [0.25, 0.3) is 0 Å². The van der Waals surface area contributed by atoms with Crippen molar-refractivity contribution in [3.8, 4) is 5.82 Å². The fraction of sp³-hybridized carbons (Fsp3) is 0.588. The third-order valence-corrected chi connectivity index (χ3v) is 4.80. The van der Waals surface area contributed by atoms with Crippen LogP contribution in [0.15, 0.2) is 18.5 Å². The number of hydrogen-bond donors (Lipinski definition) is 2. The maximum absolute atomic E-state index is 10.3. The molecule has 0 saturated heterocycles. The normalized spacial score (nSPS) is 24.6. The predicted octanol–water partition coefficient (Wildman–Crippen LogP) is 2.63. The number of nitrogens with one attached hydrogen (secondary N) is 1. The van der Waals surface area contributed by atoms with E-state index in [-0.39, 0.29) is 11.5 Å². The van der Waals surface area contributed by atoms with Crippen molar-refractivity contribution in [2.75, 3.05) is 11.9 Å². The summed E-state index contributed by atoms with van der Waals surface area (Å²) in [5.74, 6) is 1.42. The van der Waals surface area contributed by atoms with Crippen LogP contribution in [0.3, 0.4) is 0 Å². The molecule has 0 bridgehead atoms. The Kier molecular flexibility index (Phi) is 4.35. The van der Waals surface area contributed by atoms with Gasteiger partial charge in [0.05, 0.1) is 24.2 Å². The van der Waals surface area contributed by atoms with Crippen molar-refractivity contribution in [2.45, 2.75) is 52.6 Å². The largest absolute Gasteiger partial charge is 0.392 e. The first kappa shape index (κ1) is 15.9. The first-order valence-corrected chi connectivity index (χ1v) is 8.25. The maximum Gasteiger partial charge on any atom is 0.174 e. The summed E-state index contributed by atoms with van der Waals surface area (Å²) < 4.78 is 1.80. The minimum Gasteiger partial charge on any atom is -0.392 e. The summed E-state index contributed by atoms with van der Waals surface area (Å²) in [6, 6.07) is 2.02. The lowest BCUT2D eigenvalue weighted by atomic mass is 9.73. The number of hydrogen-bond acceptors (Lipinski definition) is 5. The van der Waals surface area contributed by atoms with Gasteiger partial charge < -0.3 is 10.4 Å². The molecule has 23 heavy (non-hydrogen) atoms. The van der Waals surface area contributed by atoms with Crippen LogP contribution >= 0.6 is 0 Å². The molecule has 6 heteroatoms. The monoisotopic (exact) mass is 315 g/mol. The number of anilines is 1. The molecule has 2 aromatic heterocycles. The zero-order valence-electron chi connectivity index (χ0n) is 14.1. The molecule has 124 valence electrons. The van der Waals surface area contributed by atoms with Crippen molar-refractivity contribution in [3.05, 3.63) is 29.8 Å². The molecule has 0 amide bonds. The number of aliphatic hydroxyl groups is 1. The van der Waals surface area contributed by atoms with E-state index < -0.39 is 0 Å². The number of rotatable bonds is 4. The van der Waals surface area contributed by atoms with Gasteiger partial charge in [0, 0.05) is 17.7 Å². The molecule has 0 aliphatic heterocycles. The molecule has 0 radical (unpaired) electrons. The fourth-order valence-corrected chi connectivity index (χ4v) is 3.28. The van der Waals surface area contributed by atoms with Gasteiger partial charge in [-0.1, -0.05) is 19.8 Å². The van der Waals surface area contributed by atoms with E-state index in [4.69, 9.17) is 0 Å². The second kappa shape index (κ2) is 6.28. The summed E-state index contributed by atoms with van der Waals surface area (Å²) in [5, 5.41) is 18.1.